The quantitative estimate of drug-likeness (QED) is 0.830. The number of aryl methyl sites for hydroxylation is 1. The van der Waals surface area contributed by atoms with Gasteiger partial charge in [0.05, 0.1) is 12.2 Å². The lowest BCUT2D eigenvalue weighted by Gasteiger charge is -2.29. The molecule has 1 heterocycles. The van der Waals surface area contributed by atoms with Crippen LogP contribution in [0.2, 0.25) is 0 Å². The number of imidazole rings is 1. The molecule has 0 spiro atoms. The van der Waals surface area contributed by atoms with Gasteiger partial charge in [-0.05, 0) is 18.8 Å². The summed E-state index contributed by atoms with van der Waals surface area (Å²) in [4.78, 5) is 4.18. The number of rotatable bonds is 4. The Balaban J connectivity index is 1.90. The van der Waals surface area contributed by atoms with Crippen LogP contribution in [0.3, 0.4) is 0 Å². The monoisotopic (exact) mass is 238 g/mol. The van der Waals surface area contributed by atoms with Crippen LogP contribution in [-0.4, -0.2) is 32.0 Å². The van der Waals surface area contributed by atoms with Crippen molar-refractivity contribution >= 4 is 0 Å². The van der Waals surface area contributed by atoms with Crippen molar-refractivity contribution in [3.63, 3.8) is 0 Å². The summed E-state index contributed by atoms with van der Waals surface area (Å²) in [6, 6.07) is 0. The Morgan fingerprint density at radius 2 is 2.06 bits per heavy atom. The summed E-state index contributed by atoms with van der Waals surface area (Å²) in [5.74, 6) is 1.09. The van der Waals surface area contributed by atoms with Gasteiger partial charge >= 0.3 is 0 Å². The highest BCUT2D eigenvalue weighted by atomic mass is 16.3. The number of aliphatic hydroxyl groups excluding tert-OH is 2. The average Bonchev–Trinajstić information content (AvgIpc) is 2.75. The molecule has 1 aromatic heterocycles. The molecular weight excluding hydrogens is 216 g/mol. The van der Waals surface area contributed by atoms with Crippen LogP contribution < -0.4 is 0 Å². The maximum atomic E-state index is 10.1. The van der Waals surface area contributed by atoms with Crippen molar-refractivity contribution < 1.29 is 10.2 Å². The van der Waals surface area contributed by atoms with Crippen molar-refractivity contribution in [3.8, 4) is 0 Å². The zero-order valence-electron chi connectivity index (χ0n) is 10.4. The van der Waals surface area contributed by atoms with Crippen molar-refractivity contribution in [2.75, 3.05) is 0 Å². The van der Waals surface area contributed by atoms with Crippen LogP contribution >= 0.6 is 0 Å². The standard InChI is InChI=1S/C13H22N2O2/c1-15-8-7-14-12(15)9-11(16)13(17)10-5-3-2-4-6-10/h7-8,10-11,13,16-17H,2-6,9H2,1H3. The smallest absolute Gasteiger partial charge is 0.111 e. The molecule has 0 radical (unpaired) electrons. The third kappa shape index (κ3) is 3.07. The Bertz CT molecular complexity index is 345. The number of hydrogen-bond donors (Lipinski definition) is 2. The van der Waals surface area contributed by atoms with Crippen molar-refractivity contribution in [2.45, 2.75) is 50.7 Å². The number of hydrogen-bond acceptors (Lipinski definition) is 3. The van der Waals surface area contributed by atoms with E-state index in [4.69, 9.17) is 0 Å². The van der Waals surface area contributed by atoms with E-state index < -0.39 is 12.2 Å². The number of aliphatic hydroxyl groups is 2. The molecule has 0 saturated heterocycles. The molecule has 1 fully saturated rings. The largest absolute Gasteiger partial charge is 0.390 e. The van der Waals surface area contributed by atoms with E-state index in [1.807, 2.05) is 17.8 Å². The second kappa shape index (κ2) is 5.65. The predicted molar refractivity (Wildman–Crippen MR) is 65.5 cm³/mol. The maximum Gasteiger partial charge on any atom is 0.111 e. The van der Waals surface area contributed by atoms with E-state index in [0.29, 0.717) is 6.42 Å². The van der Waals surface area contributed by atoms with Gasteiger partial charge < -0.3 is 14.8 Å². The molecule has 2 N–H and O–H groups in total. The average molecular weight is 238 g/mol. The third-order valence-corrected chi connectivity index (χ3v) is 3.84. The van der Waals surface area contributed by atoms with Gasteiger partial charge in [0.25, 0.3) is 0 Å². The summed E-state index contributed by atoms with van der Waals surface area (Å²) < 4.78 is 1.89. The molecule has 2 rings (SSSR count). The van der Waals surface area contributed by atoms with Crippen molar-refractivity contribution in [1.82, 2.24) is 9.55 Å². The molecule has 0 aliphatic heterocycles. The number of aromatic nitrogens is 2. The van der Waals surface area contributed by atoms with E-state index in [1.54, 1.807) is 6.20 Å². The molecule has 4 heteroatoms. The third-order valence-electron chi connectivity index (χ3n) is 3.84. The summed E-state index contributed by atoms with van der Waals surface area (Å²) in [6.45, 7) is 0. The van der Waals surface area contributed by atoms with Crippen LogP contribution in [0, 0.1) is 5.92 Å². The summed E-state index contributed by atoms with van der Waals surface area (Å²) in [7, 11) is 1.90. The van der Waals surface area contributed by atoms with Gasteiger partial charge in [0, 0.05) is 25.9 Å². The maximum absolute atomic E-state index is 10.1. The molecule has 0 bridgehead atoms. The minimum absolute atomic E-state index is 0.263. The van der Waals surface area contributed by atoms with E-state index in [-0.39, 0.29) is 5.92 Å². The molecule has 1 aromatic rings. The first kappa shape index (κ1) is 12.6. The molecule has 0 amide bonds. The highest BCUT2D eigenvalue weighted by molar-refractivity contribution is 4.95. The minimum atomic E-state index is -0.695. The molecule has 1 aliphatic rings. The van der Waals surface area contributed by atoms with Crippen molar-refractivity contribution in [2.24, 2.45) is 13.0 Å². The van der Waals surface area contributed by atoms with E-state index in [9.17, 15) is 10.2 Å². The molecular formula is C13H22N2O2. The highest BCUT2D eigenvalue weighted by Gasteiger charge is 2.28. The predicted octanol–water partition coefficient (Wildman–Crippen LogP) is 1.26. The van der Waals surface area contributed by atoms with Crippen molar-refractivity contribution in [3.05, 3.63) is 18.2 Å². The van der Waals surface area contributed by atoms with Crippen LogP contribution in [0.1, 0.15) is 37.9 Å². The SMILES string of the molecule is Cn1ccnc1CC(O)C(O)C1CCCCC1. The lowest BCUT2D eigenvalue weighted by molar-refractivity contribution is -0.0274. The summed E-state index contributed by atoms with van der Waals surface area (Å²) in [5.41, 5.74) is 0. The first-order chi connectivity index (χ1) is 8.18. The molecule has 1 saturated carbocycles. The summed E-state index contributed by atoms with van der Waals surface area (Å²) in [5, 5.41) is 20.2. The topological polar surface area (TPSA) is 58.3 Å². The number of nitrogens with zero attached hydrogens (tertiary/aromatic N) is 2. The molecule has 17 heavy (non-hydrogen) atoms. The molecule has 1 aliphatic carbocycles. The molecule has 96 valence electrons. The first-order valence-electron chi connectivity index (χ1n) is 6.51. The van der Waals surface area contributed by atoms with Gasteiger partial charge in [-0.2, -0.15) is 0 Å². The second-order valence-corrected chi connectivity index (χ2v) is 5.11. The van der Waals surface area contributed by atoms with Crippen LogP contribution in [0.5, 0.6) is 0 Å². The van der Waals surface area contributed by atoms with E-state index >= 15 is 0 Å². The van der Waals surface area contributed by atoms with Gasteiger partial charge in [0.15, 0.2) is 0 Å². The van der Waals surface area contributed by atoms with Gasteiger partial charge in [-0.25, -0.2) is 4.98 Å². The fourth-order valence-corrected chi connectivity index (χ4v) is 2.69. The van der Waals surface area contributed by atoms with Gasteiger partial charge in [0.1, 0.15) is 5.82 Å². The highest BCUT2D eigenvalue weighted by Crippen LogP contribution is 2.28. The van der Waals surface area contributed by atoms with Crippen LogP contribution in [0.25, 0.3) is 0 Å². The van der Waals surface area contributed by atoms with E-state index in [0.717, 1.165) is 18.7 Å². The van der Waals surface area contributed by atoms with Gasteiger partial charge in [-0.1, -0.05) is 19.3 Å². The molecule has 2 atom stereocenters. The lowest BCUT2D eigenvalue weighted by Crippen LogP contribution is -2.36. The second-order valence-electron chi connectivity index (χ2n) is 5.11. The van der Waals surface area contributed by atoms with Gasteiger partial charge in [-0.15, -0.1) is 0 Å². The Morgan fingerprint density at radius 3 is 2.65 bits per heavy atom. The Hall–Kier alpha value is -0.870. The molecule has 4 nitrogen and oxygen atoms in total. The van der Waals surface area contributed by atoms with E-state index in [2.05, 4.69) is 4.98 Å². The van der Waals surface area contributed by atoms with Crippen LogP contribution in [0.15, 0.2) is 12.4 Å². The van der Waals surface area contributed by atoms with Crippen LogP contribution in [-0.2, 0) is 13.5 Å². The van der Waals surface area contributed by atoms with E-state index in [1.165, 1.54) is 19.3 Å². The van der Waals surface area contributed by atoms with Crippen LogP contribution in [0.4, 0.5) is 0 Å². The zero-order valence-corrected chi connectivity index (χ0v) is 10.4. The minimum Gasteiger partial charge on any atom is -0.390 e. The normalized spacial score (nSPS) is 21.4. The van der Waals surface area contributed by atoms with Gasteiger partial charge in [0.2, 0.25) is 0 Å². The van der Waals surface area contributed by atoms with Crippen molar-refractivity contribution in [1.29, 1.82) is 0 Å². The Labute approximate surface area is 102 Å². The zero-order chi connectivity index (χ0) is 12.3. The molecule has 0 aromatic carbocycles. The Morgan fingerprint density at radius 1 is 1.35 bits per heavy atom. The first-order valence-corrected chi connectivity index (χ1v) is 6.51. The lowest BCUT2D eigenvalue weighted by atomic mass is 9.83. The molecule has 2 unspecified atom stereocenters. The summed E-state index contributed by atoms with van der Waals surface area (Å²) >= 11 is 0. The summed E-state index contributed by atoms with van der Waals surface area (Å²) in [6.07, 6.45) is 8.40. The van der Waals surface area contributed by atoms with Gasteiger partial charge in [-0.3, -0.25) is 0 Å². The Kier molecular flexibility index (Phi) is 4.18. The fraction of sp³-hybridized carbons (Fsp3) is 0.769. The fourth-order valence-electron chi connectivity index (χ4n) is 2.69.